The highest BCUT2D eigenvalue weighted by atomic mass is 16.2. The summed E-state index contributed by atoms with van der Waals surface area (Å²) in [5.74, 6) is 1.19. The molecule has 0 aromatic rings. The fraction of sp³-hybridized carbons (Fsp3) is 0.933. The van der Waals surface area contributed by atoms with Crippen LogP contribution in [-0.2, 0) is 4.79 Å². The van der Waals surface area contributed by atoms with Crippen molar-refractivity contribution in [3.63, 3.8) is 0 Å². The second-order valence-electron chi connectivity index (χ2n) is 6.62. The van der Waals surface area contributed by atoms with E-state index in [0.717, 1.165) is 32.4 Å². The Morgan fingerprint density at radius 2 is 2.06 bits per heavy atom. The first-order valence-electron chi connectivity index (χ1n) is 7.71. The van der Waals surface area contributed by atoms with Crippen molar-refractivity contribution in [1.82, 2.24) is 10.2 Å². The monoisotopic (exact) mass is 250 g/mol. The predicted molar refractivity (Wildman–Crippen MR) is 72.3 cm³/mol. The molecule has 1 aliphatic carbocycles. The first kappa shape index (κ1) is 12.5. The molecule has 1 amide bonds. The molecule has 1 N–H and O–H groups in total. The lowest BCUT2D eigenvalue weighted by molar-refractivity contribution is -0.145. The van der Waals surface area contributed by atoms with Gasteiger partial charge >= 0.3 is 0 Å². The number of hydrogen-bond acceptors (Lipinski definition) is 2. The van der Waals surface area contributed by atoms with E-state index in [4.69, 9.17) is 0 Å². The molecular formula is C15H26N2O. The van der Waals surface area contributed by atoms with Crippen molar-refractivity contribution in [2.45, 2.75) is 64.5 Å². The van der Waals surface area contributed by atoms with E-state index in [1.807, 2.05) is 0 Å². The van der Waals surface area contributed by atoms with Gasteiger partial charge in [-0.3, -0.25) is 4.79 Å². The van der Waals surface area contributed by atoms with Crippen molar-refractivity contribution >= 4 is 5.91 Å². The zero-order chi connectivity index (χ0) is 12.8. The molecule has 2 aliphatic heterocycles. The van der Waals surface area contributed by atoms with Crippen LogP contribution >= 0.6 is 0 Å². The fourth-order valence-corrected chi connectivity index (χ4v) is 4.56. The Bertz CT molecular complexity index is 335. The van der Waals surface area contributed by atoms with Gasteiger partial charge in [0.15, 0.2) is 0 Å². The molecule has 3 rings (SSSR count). The maximum atomic E-state index is 13.1. The van der Waals surface area contributed by atoms with Gasteiger partial charge in [-0.1, -0.05) is 19.8 Å². The maximum absolute atomic E-state index is 13.1. The number of likely N-dealkylation sites (tertiary alicyclic amines) is 1. The minimum atomic E-state index is -0.00819. The zero-order valence-electron chi connectivity index (χ0n) is 11.7. The van der Waals surface area contributed by atoms with Gasteiger partial charge < -0.3 is 10.2 Å². The molecule has 18 heavy (non-hydrogen) atoms. The third kappa shape index (κ3) is 1.70. The number of hydrogen-bond donors (Lipinski definition) is 1. The van der Waals surface area contributed by atoms with E-state index < -0.39 is 0 Å². The molecule has 0 aromatic carbocycles. The van der Waals surface area contributed by atoms with Crippen LogP contribution in [0.4, 0.5) is 0 Å². The zero-order valence-corrected chi connectivity index (χ0v) is 11.7. The van der Waals surface area contributed by atoms with Crippen LogP contribution in [0.1, 0.15) is 52.4 Å². The highest BCUT2D eigenvalue weighted by Crippen LogP contribution is 2.45. The van der Waals surface area contributed by atoms with E-state index in [1.165, 1.54) is 19.3 Å². The lowest BCUT2D eigenvalue weighted by Gasteiger charge is -2.37. The van der Waals surface area contributed by atoms with Gasteiger partial charge in [0, 0.05) is 30.6 Å². The highest BCUT2D eigenvalue weighted by molar-refractivity contribution is 5.84. The average Bonchev–Trinajstić information content (AvgIpc) is 3.02. The quantitative estimate of drug-likeness (QED) is 0.814. The van der Waals surface area contributed by atoms with Crippen LogP contribution in [-0.4, -0.2) is 36.0 Å². The van der Waals surface area contributed by atoms with Crippen molar-refractivity contribution in [3.05, 3.63) is 0 Å². The summed E-state index contributed by atoms with van der Waals surface area (Å²) < 4.78 is 0. The standard InChI is InChI=1S/C15H26N2O/c1-3-15(6-4-5-7-15)14(18)17-11(2)8-12-9-16-10-13(12)17/h11-13,16H,3-10H2,1-2H3. The van der Waals surface area contributed by atoms with E-state index >= 15 is 0 Å². The number of fused-ring (bicyclic) bond motifs is 1. The molecule has 0 aromatic heterocycles. The molecule has 3 unspecified atom stereocenters. The molecule has 0 bridgehead atoms. The number of amides is 1. The van der Waals surface area contributed by atoms with Crippen molar-refractivity contribution < 1.29 is 4.79 Å². The van der Waals surface area contributed by atoms with E-state index in [2.05, 4.69) is 24.1 Å². The van der Waals surface area contributed by atoms with Gasteiger partial charge in [0.05, 0.1) is 0 Å². The van der Waals surface area contributed by atoms with Gasteiger partial charge in [-0.05, 0) is 38.5 Å². The topological polar surface area (TPSA) is 32.3 Å². The summed E-state index contributed by atoms with van der Waals surface area (Å²) in [7, 11) is 0. The summed E-state index contributed by atoms with van der Waals surface area (Å²) in [5, 5.41) is 3.46. The molecule has 3 aliphatic rings. The molecule has 3 nitrogen and oxygen atoms in total. The van der Waals surface area contributed by atoms with E-state index in [9.17, 15) is 4.79 Å². The third-order valence-electron chi connectivity index (χ3n) is 5.71. The van der Waals surface area contributed by atoms with Crippen LogP contribution < -0.4 is 5.32 Å². The lowest BCUT2D eigenvalue weighted by atomic mass is 9.81. The Morgan fingerprint density at radius 1 is 1.33 bits per heavy atom. The van der Waals surface area contributed by atoms with Crippen molar-refractivity contribution in [3.8, 4) is 0 Å². The SMILES string of the molecule is CCC1(C(=O)N2C(C)CC3CNCC32)CCCC1. The third-order valence-corrected chi connectivity index (χ3v) is 5.71. The number of carbonyl (C=O) groups excluding carboxylic acids is 1. The number of nitrogens with zero attached hydrogens (tertiary/aromatic N) is 1. The molecular weight excluding hydrogens is 224 g/mol. The molecule has 2 heterocycles. The van der Waals surface area contributed by atoms with Gasteiger partial charge in [-0.25, -0.2) is 0 Å². The summed E-state index contributed by atoms with van der Waals surface area (Å²) in [6.07, 6.45) is 6.96. The van der Waals surface area contributed by atoms with Gasteiger partial charge in [0.2, 0.25) is 5.91 Å². The van der Waals surface area contributed by atoms with Gasteiger partial charge in [-0.2, -0.15) is 0 Å². The van der Waals surface area contributed by atoms with E-state index in [0.29, 0.717) is 23.9 Å². The molecule has 0 spiro atoms. The van der Waals surface area contributed by atoms with Crippen molar-refractivity contribution in [2.24, 2.45) is 11.3 Å². The highest BCUT2D eigenvalue weighted by Gasteiger charge is 2.50. The summed E-state index contributed by atoms with van der Waals surface area (Å²) in [5.41, 5.74) is -0.00819. The Morgan fingerprint density at radius 3 is 2.72 bits per heavy atom. The van der Waals surface area contributed by atoms with Crippen LogP contribution in [0, 0.1) is 11.3 Å². The van der Waals surface area contributed by atoms with E-state index in [1.54, 1.807) is 0 Å². The maximum Gasteiger partial charge on any atom is 0.229 e. The molecule has 3 fully saturated rings. The Kier molecular flexibility index (Phi) is 3.13. The summed E-state index contributed by atoms with van der Waals surface area (Å²) in [6, 6.07) is 0.940. The molecule has 102 valence electrons. The fourth-order valence-electron chi connectivity index (χ4n) is 4.56. The summed E-state index contributed by atoms with van der Waals surface area (Å²) in [4.78, 5) is 15.3. The van der Waals surface area contributed by atoms with Gasteiger partial charge in [0.25, 0.3) is 0 Å². The number of rotatable bonds is 2. The number of nitrogens with one attached hydrogen (secondary N) is 1. The first-order chi connectivity index (χ1) is 8.68. The Balaban J connectivity index is 1.82. The minimum absolute atomic E-state index is 0.00819. The largest absolute Gasteiger partial charge is 0.335 e. The Labute approximate surface area is 110 Å². The van der Waals surface area contributed by atoms with Gasteiger partial charge in [-0.15, -0.1) is 0 Å². The normalized spacial score (nSPS) is 38.1. The molecule has 3 heteroatoms. The smallest absolute Gasteiger partial charge is 0.229 e. The minimum Gasteiger partial charge on any atom is -0.335 e. The number of carbonyl (C=O) groups is 1. The van der Waals surface area contributed by atoms with Crippen molar-refractivity contribution in [2.75, 3.05) is 13.1 Å². The molecule has 0 radical (unpaired) electrons. The second kappa shape index (κ2) is 4.52. The van der Waals surface area contributed by atoms with Crippen molar-refractivity contribution in [1.29, 1.82) is 0 Å². The summed E-state index contributed by atoms with van der Waals surface area (Å²) in [6.45, 7) is 6.57. The predicted octanol–water partition coefficient (Wildman–Crippen LogP) is 2.17. The van der Waals surface area contributed by atoms with Crippen LogP contribution in [0.3, 0.4) is 0 Å². The first-order valence-corrected chi connectivity index (χ1v) is 7.71. The molecule has 2 saturated heterocycles. The average molecular weight is 250 g/mol. The summed E-state index contributed by atoms with van der Waals surface area (Å²) >= 11 is 0. The second-order valence-corrected chi connectivity index (χ2v) is 6.62. The van der Waals surface area contributed by atoms with E-state index in [-0.39, 0.29) is 5.41 Å². The van der Waals surface area contributed by atoms with Crippen LogP contribution in [0.5, 0.6) is 0 Å². The van der Waals surface area contributed by atoms with Gasteiger partial charge in [0.1, 0.15) is 0 Å². The van der Waals surface area contributed by atoms with Crippen LogP contribution in [0.15, 0.2) is 0 Å². The lowest BCUT2D eigenvalue weighted by Crippen LogP contribution is -2.49. The Hall–Kier alpha value is -0.570. The molecule has 3 atom stereocenters. The van der Waals surface area contributed by atoms with Crippen LogP contribution in [0.25, 0.3) is 0 Å². The molecule has 1 saturated carbocycles. The van der Waals surface area contributed by atoms with Crippen LogP contribution in [0.2, 0.25) is 0 Å².